The van der Waals surface area contributed by atoms with Crippen LogP contribution in [0.25, 0.3) is 0 Å². The zero-order valence-corrected chi connectivity index (χ0v) is 4.41. The molecule has 36 valence electrons. The predicted molar refractivity (Wildman–Crippen MR) is 29.9 cm³/mol. The first-order valence-corrected chi connectivity index (χ1v) is 2.27. The second kappa shape index (κ2) is 4.98. The zero-order chi connectivity index (χ0) is 4.83. The maximum absolute atomic E-state index is 3.09. The number of hydrogen-bond donors (Lipinski definition) is 2. The van der Waals surface area contributed by atoms with Gasteiger partial charge in [-0.25, -0.2) is 0 Å². The van der Waals surface area contributed by atoms with Gasteiger partial charge in [0, 0.05) is 0 Å². The van der Waals surface area contributed by atoms with Gasteiger partial charge in [0.05, 0.1) is 0 Å². The van der Waals surface area contributed by atoms with Gasteiger partial charge < -0.3 is 10.5 Å². The summed E-state index contributed by atoms with van der Waals surface area (Å²) < 4.78 is 0. The van der Waals surface area contributed by atoms with Crippen molar-refractivity contribution in [3.8, 4) is 0 Å². The van der Waals surface area contributed by atoms with E-state index in [0.29, 0.717) is 0 Å². The summed E-state index contributed by atoms with van der Waals surface area (Å²) >= 11 is 0. The zero-order valence-electron chi connectivity index (χ0n) is 4.41. The molecule has 0 amide bonds. The van der Waals surface area contributed by atoms with Gasteiger partial charge in [-0.1, -0.05) is 6.92 Å². The number of hydrogen-bond acceptors (Lipinski definition) is 2. The van der Waals surface area contributed by atoms with Gasteiger partial charge in [-0.05, 0) is 13.6 Å². The summed E-state index contributed by atoms with van der Waals surface area (Å²) in [5.41, 5.74) is 0. The van der Waals surface area contributed by atoms with E-state index in [-0.39, 0.29) is 0 Å². The van der Waals surface area contributed by atoms with Crippen LogP contribution in [0.4, 0.5) is 0 Å². The SMILES string of the molecule is CCNBNC. The van der Waals surface area contributed by atoms with Gasteiger partial charge in [0.25, 0.3) is 7.55 Å². The van der Waals surface area contributed by atoms with E-state index >= 15 is 0 Å². The highest BCUT2D eigenvalue weighted by atomic mass is 14.9. The lowest BCUT2D eigenvalue weighted by Gasteiger charge is -1.91. The Kier molecular flexibility index (Phi) is 4.97. The molecule has 0 aromatic carbocycles. The van der Waals surface area contributed by atoms with Crippen molar-refractivity contribution in [2.24, 2.45) is 0 Å². The molecule has 0 spiro atoms. The summed E-state index contributed by atoms with van der Waals surface area (Å²) in [5.74, 6) is 0. The lowest BCUT2D eigenvalue weighted by Crippen LogP contribution is -2.29. The average molecular weight is 85.9 g/mol. The maximum atomic E-state index is 3.09. The van der Waals surface area contributed by atoms with Crippen LogP contribution >= 0.6 is 0 Å². The maximum Gasteiger partial charge on any atom is 0.285 e. The molecule has 0 saturated carbocycles. The van der Waals surface area contributed by atoms with Gasteiger partial charge >= 0.3 is 0 Å². The Hall–Kier alpha value is -0.0151. The molecule has 0 bridgehead atoms. The normalized spacial score (nSPS) is 8.33. The Morgan fingerprint density at radius 3 is 2.50 bits per heavy atom. The van der Waals surface area contributed by atoms with E-state index in [1.165, 1.54) is 0 Å². The minimum atomic E-state index is 0.913. The topological polar surface area (TPSA) is 24.1 Å². The fraction of sp³-hybridized carbons (Fsp3) is 1.00. The summed E-state index contributed by atoms with van der Waals surface area (Å²) in [5, 5.41) is 6.04. The molecular weight excluding hydrogens is 74.9 g/mol. The van der Waals surface area contributed by atoms with Crippen LogP contribution in [0.3, 0.4) is 0 Å². The van der Waals surface area contributed by atoms with Gasteiger partial charge in [-0.2, -0.15) is 0 Å². The molecule has 2 nitrogen and oxygen atoms in total. The Morgan fingerprint density at radius 1 is 1.67 bits per heavy atom. The lowest BCUT2D eigenvalue weighted by molar-refractivity contribution is 0.974. The smallest absolute Gasteiger partial charge is 0.285 e. The molecule has 0 radical (unpaired) electrons. The number of nitrogens with one attached hydrogen (secondary N) is 2. The number of rotatable bonds is 3. The van der Waals surface area contributed by atoms with E-state index in [9.17, 15) is 0 Å². The molecule has 0 heterocycles. The molecule has 0 aromatic rings. The fourth-order valence-electron chi connectivity index (χ4n) is 0.250. The molecule has 0 fully saturated rings. The van der Waals surface area contributed by atoms with Crippen LogP contribution in [0.15, 0.2) is 0 Å². The first-order valence-electron chi connectivity index (χ1n) is 2.27. The molecule has 0 aliphatic rings. The van der Waals surface area contributed by atoms with Gasteiger partial charge in [0.15, 0.2) is 0 Å². The molecule has 0 rings (SSSR count). The minimum absolute atomic E-state index is 0.913. The molecule has 0 aliphatic heterocycles. The Balaban J connectivity index is 2.34. The monoisotopic (exact) mass is 86.1 g/mol. The van der Waals surface area contributed by atoms with Crippen molar-refractivity contribution in [2.45, 2.75) is 6.92 Å². The average Bonchev–Trinajstić information content (AvgIpc) is 1.61. The predicted octanol–water partition coefficient (Wildman–Crippen LogP) is -0.918. The van der Waals surface area contributed by atoms with E-state index in [2.05, 4.69) is 17.4 Å². The van der Waals surface area contributed by atoms with Crippen molar-refractivity contribution in [3.05, 3.63) is 0 Å². The second-order valence-electron chi connectivity index (χ2n) is 1.13. The summed E-state index contributed by atoms with van der Waals surface area (Å²) in [7, 11) is 2.83. The van der Waals surface area contributed by atoms with Crippen LogP contribution in [0.2, 0.25) is 0 Å². The third-order valence-corrected chi connectivity index (χ3v) is 0.552. The van der Waals surface area contributed by atoms with Gasteiger partial charge in [0.1, 0.15) is 0 Å². The van der Waals surface area contributed by atoms with E-state index in [1.807, 2.05) is 7.05 Å². The summed E-state index contributed by atoms with van der Waals surface area (Å²) in [6.45, 7) is 3.12. The van der Waals surface area contributed by atoms with Crippen molar-refractivity contribution in [1.82, 2.24) is 10.5 Å². The van der Waals surface area contributed by atoms with Gasteiger partial charge in [0.2, 0.25) is 0 Å². The largest absolute Gasteiger partial charge is 0.348 e. The van der Waals surface area contributed by atoms with E-state index < -0.39 is 0 Å². The molecule has 0 saturated heterocycles. The summed E-state index contributed by atoms with van der Waals surface area (Å²) in [6.07, 6.45) is 0. The standard InChI is InChI=1S/C3H11BN2/c1-3-6-4-5-2/h4-6H,3H2,1-2H3. The van der Waals surface area contributed by atoms with Gasteiger partial charge in [-0.15, -0.1) is 0 Å². The second-order valence-corrected chi connectivity index (χ2v) is 1.13. The quantitative estimate of drug-likeness (QED) is 0.343. The third kappa shape index (κ3) is 3.98. The van der Waals surface area contributed by atoms with Crippen LogP contribution in [-0.2, 0) is 0 Å². The highest BCUT2D eigenvalue weighted by Gasteiger charge is 1.74. The molecule has 3 heteroatoms. The third-order valence-electron chi connectivity index (χ3n) is 0.552. The first-order chi connectivity index (χ1) is 2.91. The molecule has 0 unspecified atom stereocenters. The Labute approximate surface area is 39.6 Å². The van der Waals surface area contributed by atoms with Crippen molar-refractivity contribution in [2.75, 3.05) is 13.6 Å². The molecule has 0 aromatic heterocycles. The van der Waals surface area contributed by atoms with Crippen molar-refractivity contribution in [3.63, 3.8) is 0 Å². The van der Waals surface area contributed by atoms with Crippen LogP contribution in [0.5, 0.6) is 0 Å². The lowest BCUT2D eigenvalue weighted by atomic mass is 10.2. The van der Waals surface area contributed by atoms with E-state index in [4.69, 9.17) is 0 Å². The Morgan fingerprint density at radius 2 is 2.33 bits per heavy atom. The van der Waals surface area contributed by atoms with E-state index in [0.717, 1.165) is 14.1 Å². The van der Waals surface area contributed by atoms with Gasteiger partial charge in [-0.3, -0.25) is 0 Å². The van der Waals surface area contributed by atoms with Crippen LogP contribution in [-0.4, -0.2) is 21.1 Å². The molecule has 6 heavy (non-hydrogen) atoms. The summed E-state index contributed by atoms with van der Waals surface area (Å²) in [4.78, 5) is 0. The van der Waals surface area contributed by atoms with Crippen LogP contribution in [0.1, 0.15) is 6.92 Å². The minimum Gasteiger partial charge on any atom is -0.348 e. The highest BCUT2D eigenvalue weighted by molar-refractivity contribution is 6.28. The molecular formula is C3H11BN2. The summed E-state index contributed by atoms with van der Waals surface area (Å²) in [6, 6.07) is 0. The van der Waals surface area contributed by atoms with Crippen molar-refractivity contribution < 1.29 is 0 Å². The highest BCUT2D eigenvalue weighted by Crippen LogP contribution is 1.41. The van der Waals surface area contributed by atoms with Crippen molar-refractivity contribution >= 4 is 7.55 Å². The van der Waals surface area contributed by atoms with Crippen LogP contribution < -0.4 is 10.5 Å². The Bertz CT molecular complexity index is 20.8. The fourth-order valence-corrected chi connectivity index (χ4v) is 0.250. The molecule has 0 aliphatic carbocycles. The van der Waals surface area contributed by atoms with Crippen molar-refractivity contribution in [1.29, 1.82) is 0 Å². The molecule has 0 atom stereocenters. The first kappa shape index (κ1) is 5.98. The van der Waals surface area contributed by atoms with E-state index in [1.54, 1.807) is 0 Å². The molecule has 2 N–H and O–H groups in total. The van der Waals surface area contributed by atoms with Crippen LogP contribution in [0, 0.1) is 0 Å².